The van der Waals surface area contributed by atoms with Crippen molar-refractivity contribution in [1.29, 1.82) is 0 Å². The van der Waals surface area contributed by atoms with Crippen molar-refractivity contribution in [3.63, 3.8) is 0 Å². The lowest BCUT2D eigenvalue weighted by Gasteiger charge is -2.22. The first kappa shape index (κ1) is 22.2. The number of thiol groups is 1. The molecule has 13 nitrogen and oxygen atoms in total. The number of H-pyrrole nitrogens is 1. The Kier molecular flexibility index (Phi) is 6.45. The monoisotopic (exact) mass is 461 g/mol. The molecular formula is C15H16N3O10PS. The summed E-state index contributed by atoms with van der Waals surface area (Å²) >= 11 is 4.28. The first-order valence-corrected chi connectivity index (χ1v) is 10.3. The number of hydrogen-bond acceptors (Lipinski definition) is 10. The predicted octanol–water partition coefficient (Wildman–Crippen LogP) is 0.197. The summed E-state index contributed by atoms with van der Waals surface area (Å²) in [5, 5.41) is 19.2. The van der Waals surface area contributed by atoms with Crippen LogP contribution in [-0.4, -0.2) is 48.5 Å². The highest BCUT2D eigenvalue weighted by Crippen LogP contribution is 2.49. The van der Waals surface area contributed by atoms with E-state index in [9.17, 15) is 34.3 Å². The number of rotatable bonds is 7. The number of phosphoric acid groups is 1. The van der Waals surface area contributed by atoms with Crippen LogP contribution in [0.2, 0.25) is 0 Å². The molecule has 3 N–H and O–H groups in total. The Bertz CT molecular complexity index is 1090. The molecule has 1 saturated heterocycles. The first-order chi connectivity index (χ1) is 14.1. The molecule has 0 saturated carbocycles. The van der Waals surface area contributed by atoms with Crippen molar-refractivity contribution in [2.75, 3.05) is 6.61 Å². The Hall–Kier alpha value is -2.48. The predicted molar refractivity (Wildman–Crippen MR) is 104 cm³/mol. The number of nitrogens with zero attached hydrogens (tertiary/aromatic N) is 2. The minimum Gasteiger partial charge on any atom is -0.404 e. The summed E-state index contributed by atoms with van der Waals surface area (Å²) in [5.74, 6) is -0.171. The number of aliphatic hydroxyl groups excluding tert-OH is 1. The maximum absolute atomic E-state index is 12.4. The number of aromatic nitrogens is 2. The van der Waals surface area contributed by atoms with Gasteiger partial charge in [0.2, 0.25) is 0 Å². The van der Waals surface area contributed by atoms with Gasteiger partial charge in [-0.25, -0.2) is 9.36 Å². The van der Waals surface area contributed by atoms with E-state index in [0.717, 1.165) is 41.1 Å². The SMILES string of the molecule is O=c1ccn([C@@H]2O[C@H](CO)[C@@H](OP(=O)(O)Oc3ccc([N+](=O)[O-])cc3)[C@H]2S)c(=O)[nH]1. The minimum absolute atomic E-state index is 0.171. The van der Waals surface area contributed by atoms with Gasteiger partial charge in [0, 0.05) is 24.4 Å². The van der Waals surface area contributed by atoms with Crippen molar-refractivity contribution in [2.45, 2.75) is 23.7 Å². The van der Waals surface area contributed by atoms with Crippen molar-refractivity contribution in [1.82, 2.24) is 9.55 Å². The van der Waals surface area contributed by atoms with E-state index in [4.69, 9.17) is 13.8 Å². The Labute approximate surface area is 173 Å². The molecule has 0 spiro atoms. The zero-order valence-electron chi connectivity index (χ0n) is 14.9. The molecule has 0 bridgehead atoms. The summed E-state index contributed by atoms with van der Waals surface area (Å²) in [6.07, 6.45) is -2.40. The molecule has 30 heavy (non-hydrogen) atoms. The van der Waals surface area contributed by atoms with Crippen LogP contribution in [0.4, 0.5) is 5.69 Å². The fraction of sp³-hybridized carbons (Fsp3) is 0.333. The number of nitro benzene ring substituents is 1. The average molecular weight is 461 g/mol. The van der Waals surface area contributed by atoms with Crippen molar-refractivity contribution >= 4 is 26.1 Å². The van der Waals surface area contributed by atoms with Crippen LogP contribution >= 0.6 is 20.5 Å². The van der Waals surface area contributed by atoms with Crippen LogP contribution in [0.1, 0.15) is 6.23 Å². The third-order valence-electron chi connectivity index (χ3n) is 4.14. The molecule has 0 aliphatic carbocycles. The molecule has 3 rings (SSSR count). The van der Waals surface area contributed by atoms with Gasteiger partial charge < -0.3 is 14.4 Å². The molecule has 1 aliphatic rings. The smallest absolute Gasteiger partial charge is 0.404 e. The number of phosphoric ester groups is 1. The molecular weight excluding hydrogens is 445 g/mol. The largest absolute Gasteiger partial charge is 0.527 e. The van der Waals surface area contributed by atoms with Crippen molar-refractivity contribution in [3.8, 4) is 5.75 Å². The number of nitro groups is 1. The second kappa shape index (κ2) is 8.71. The van der Waals surface area contributed by atoms with E-state index in [1.807, 2.05) is 4.98 Å². The van der Waals surface area contributed by atoms with Crippen molar-refractivity contribution in [2.24, 2.45) is 0 Å². The van der Waals surface area contributed by atoms with Gasteiger partial charge in [-0.3, -0.25) is 33.9 Å². The molecule has 162 valence electrons. The van der Waals surface area contributed by atoms with E-state index >= 15 is 0 Å². The van der Waals surface area contributed by atoms with E-state index in [-0.39, 0.29) is 11.4 Å². The molecule has 1 unspecified atom stereocenters. The number of ether oxygens (including phenoxy) is 1. The normalized spacial score (nSPS) is 25.6. The number of hydrogen-bond donors (Lipinski definition) is 4. The van der Waals surface area contributed by atoms with Gasteiger partial charge in [-0.2, -0.15) is 12.6 Å². The fourth-order valence-corrected chi connectivity index (χ4v) is 4.36. The molecule has 5 atom stereocenters. The van der Waals surface area contributed by atoms with Gasteiger partial charge in [-0.1, -0.05) is 0 Å². The maximum atomic E-state index is 12.4. The average Bonchev–Trinajstić information content (AvgIpc) is 2.97. The number of aliphatic hydroxyl groups is 1. The van der Waals surface area contributed by atoms with Crippen LogP contribution < -0.4 is 15.8 Å². The summed E-state index contributed by atoms with van der Waals surface area (Å²) in [7, 11) is -4.78. The van der Waals surface area contributed by atoms with Crippen LogP contribution in [0, 0.1) is 10.1 Å². The van der Waals surface area contributed by atoms with Gasteiger partial charge in [-0.05, 0) is 12.1 Å². The molecule has 0 radical (unpaired) electrons. The highest BCUT2D eigenvalue weighted by molar-refractivity contribution is 7.81. The summed E-state index contributed by atoms with van der Waals surface area (Å²) in [4.78, 5) is 45.3. The van der Waals surface area contributed by atoms with Crippen molar-refractivity contribution < 1.29 is 33.3 Å². The first-order valence-electron chi connectivity index (χ1n) is 8.32. The summed E-state index contributed by atoms with van der Waals surface area (Å²) in [5.41, 5.74) is -1.68. The van der Waals surface area contributed by atoms with E-state index < -0.39 is 54.3 Å². The zero-order valence-corrected chi connectivity index (χ0v) is 16.7. The number of non-ortho nitro benzene ring substituents is 1. The van der Waals surface area contributed by atoms with Crippen LogP contribution in [0.5, 0.6) is 5.75 Å². The number of aromatic amines is 1. The van der Waals surface area contributed by atoms with E-state index in [1.165, 1.54) is 0 Å². The molecule has 1 aromatic heterocycles. The second-order valence-corrected chi connectivity index (χ2v) is 8.06. The maximum Gasteiger partial charge on any atom is 0.527 e. The summed E-state index contributed by atoms with van der Waals surface area (Å²) in [6.45, 7) is -0.631. The van der Waals surface area contributed by atoms with E-state index in [1.54, 1.807) is 0 Å². The summed E-state index contributed by atoms with van der Waals surface area (Å²) < 4.78 is 28.9. The lowest BCUT2D eigenvalue weighted by atomic mass is 10.2. The topological polar surface area (TPSA) is 183 Å². The third-order valence-corrected chi connectivity index (χ3v) is 5.64. The van der Waals surface area contributed by atoms with Crippen LogP contribution in [-0.2, 0) is 13.8 Å². The van der Waals surface area contributed by atoms with Gasteiger partial charge in [0.15, 0.2) is 6.23 Å². The second-order valence-electron chi connectivity index (χ2n) is 6.14. The molecule has 2 aromatic rings. The fourth-order valence-electron chi connectivity index (χ4n) is 2.79. The van der Waals surface area contributed by atoms with Crippen molar-refractivity contribution in [3.05, 3.63) is 67.5 Å². The van der Waals surface area contributed by atoms with E-state index in [2.05, 4.69) is 12.6 Å². The number of benzene rings is 1. The highest BCUT2D eigenvalue weighted by Gasteiger charge is 2.48. The molecule has 1 aromatic carbocycles. The van der Waals surface area contributed by atoms with Gasteiger partial charge in [0.25, 0.3) is 11.2 Å². The Morgan fingerprint density at radius 3 is 2.53 bits per heavy atom. The molecule has 2 heterocycles. The molecule has 0 amide bonds. The lowest BCUT2D eigenvalue weighted by molar-refractivity contribution is -0.384. The van der Waals surface area contributed by atoms with Gasteiger partial charge in [0.05, 0.1) is 16.8 Å². The van der Waals surface area contributed by atoms with E-state index in [0.29, 0.717) is 0 Å². The lowest BCUT2D eigenvalue weighted by Crippen LogP contribution is -2.36. The van der Waals surface area contributed by atoms with Gasteiger partial charge in [-0.15, -0.1) is 0 Å². The Balaban J connectivity index is 1.78. The van der Waals surface area contributed by atoms with Crippen LogP contribution in [0.15, 0.2) is 46.1 Å². The Morgan fingerprint density at radius 1 is 1.30 bits per heavy atom. The van der Waals surface area contributed by atoms with Gasteiger partial charge >= 0.3 is 13.5 Å². The van der Waals surface area contributed by atoms with Crippen LogP contribution in [0.3, 0.4) is 0 Å². The third kappa shape index (κ3) is 4.80. The molecule has 1 aliphatic heterocycles. The summed E-state index contributed by atoms with van der Waals surface area (Å²) in [6, 6.07) is 5.44. The Morgan fingerprint density at radius 2 is 1.97 bits per heavy atom. The zero-order chi connectivity index (χ0) is 22.1. The highest BCUT2D eigenvalue weighted by atomic mass is 32.1. The van der Waals surface area contributed by atoms with Gasteiger partial charge in [0.1, 0.15) is 18.0 Å². The number of nitrogens with one attached hydrogen (secondary N) is 1. The standard InChI is InChI=1S/C15H16N3O10PS/c19-7-10-12(13(30)14(26-10)17-6-5-11(20)16-15(17)21)28-29(24,25)27-9-3-1-8(2-4-9)18(22)23/h1-6,10,12-14,19,30H,7H2,(H,24,25)(H,16,20,21)/t10-,12-,13-,14-/m1/s1. The molecule has 15 heteroatoms. The van der Waals surface area contributed by atoms with Crippen LogP contribution in [0.25, 0.3) is 0 Å². The molecule has 1 fully saturated rings. The quantitative estimate of drug-likeness (QED) is 0.192. The minimum atomic E-state index is -4.78.